The van der Waals surface area contributed by atoms with Gasteiger partial charge in [-0.05, 0) is 24.3 Å². The quantitative estimate of drug-likeness (QED) is 0.188. The first kappa shape index (κ1) is 23.1. The summed E-state index contributed by atoms with van der Waals surface area (Å²) < 4.78 is 0. The third-order valence-corrected chi connectivity index (χ3v) is 5.46. The van der Waals surface area contributed by atoms with Crippen molar-refractivity contribution in [3.63, 3.8) is 0 Å². The van der Waals surface area contributed by atoms with Gasteiger partial charge in [0.25, 0.3) is 11.8 Å². The van der Waals surface area contributed by atoms with E-state index >= 15 is 0 Å². The molecule has 0 atom stereocenters. The number of rotatable bonds is 6. The molecule has 0 unspecified atom stereocenters. The Morgan fingerprint density at radius 1 is 0.562 bits per heavy atom. The van der Waals surface area contributed by atoms with Crippen LogP contribution < -0.4 is 22.5 Å². The maximum absolute atomic E-state index is 12.9. The fourth-order valence-corrected chi connectivity index (χ4v) is 3.60. The molecule has 0 spiro atoms. The van der Waals surface area contributed by atoms with Gasteiger partial charge in [-0.1, -0.05) is 59.6 Å². The van der Waals surface area contributed by atoms with Gasteiger partial charge in [0.15, 0.2) is 11.6 Å². The van der Waals surface area contributed by atoms with Gasteiger partial charge in [-0.3, -0.25) is 30.0 Å². The van der Waals surface area contributed by atoms with Crippen LogP contribution in [-0.2, 0) is 0 Å². The minimum atomic E-state index is -0.631. The zero-order valence-electron chi connectivity index (χ0n) is 16.3. The Morgan fingerprint density at radius 3 is 1.19 bits per heavy atom. The predicted octanol–water partition coefficient (Wildman–Crippen LogP) is 2.66. The lowest BCUT2D eigenvalue weighted by Crippen LogP contribution is -2.30. The fourth-order valence-electron chi connectivity index (χ4n) is 3.00. The molecule has 0 heterocycles. The number of halogens is 2. The van der Waals surface area contributed by atoms with Crippen molar-refractivity contribution >= 4 is 46.6 Å². The molecule has 6 N–H and O–H groups in total. The Labute approximate surface area is 192 Å². The number of ketones is 2. The Bertz CT molecular complexity index is 1150. The van der Waals surface area contributed by atoms with Gasteiger partial charge < -0.3 is 0 Å². The maximum atomic E-state index is 12.9. The van der Waals surface area contributed by atoms with E-state index in [2.05, 4.69) is 0 Å². The molecule has 0 aliphatic carbocycles. The van der Waals surface area contributed by atoms with E-state index in [1.54, 1.807) is 0 Å². The standard InChI is InChI=1S/C22H16Cl2N4O4/c23-17-13(3-1-5-15(17)21(31)27-25)19(29)11-7-9-12(10-8-11)20(30)14-4-2-6-16(18(14)24)22(32)28-26/h1-10H,25-26H2,(H,27,31)(H,28,32). The fraction of sp³-hybridized carbons (Fsp3) is 0. The monoisotopic (exact) mass is 470 g/mol. The van der Waals surface area contributed by atoms with E-state index < -0.39 is 23.4 Å². The highest BCUT2D eigenvalue weighted by Crippen LogP contribution is 2.26. The summed E-state index contributed by atoms with van der Waals surface area (Å²) in [5.41, 5.74) is 4.76. The molecule has 0 aromatic heterocycles. The van der Waals surface area contributed by atoms with Crippen molar-refractivity contribution in [2.24, 2.45) is 11.7 Å². The average molecular weight is 471 g/mol. The summed E-state index contributed by atoms with van der Waals surface area (Å²) in [7, 11) is 0. The average Bonchev–Trinajstić information content (AvgIpc) is 2.82. The van der Waals surface area contributed by atoms with Crippen LogP contribution in [0.4, 0.5) is 0 Å². The summed E-state index contributed by atoms with van der Waals surface area (Å²) in [6.07, 6.45) is 0. The van der Waals surface area contributed by atoms with Crippen LogP contribution in [0.2, 0.25) is 10.0 Å². The molecule has 3 aromatic rings. The highest BCUT2D eigenvalue weighted by atomic mass is 35.5. The molecule has 8 nitrogen and oxygen atoms in total. The summed E-state index contributed by atoms with van der Waals surface area (Å²) in [6, 6.07) is 14.6. The van der Waals surface area contributed by atoms with Crippen molar-refractivity contribution in [2.75, 3.05) is 0 Å². The van der Waals surface area contributed by atoms with Gasteiger partial charge in [-0.2, -0.15) is 0 Å². The maximum Gasteiger partial charge on any atom is 0.266 e. The van der Waals surface area contributed by atoms with Crippen molar-refractivity contribution in [1.29, 1.82) is 0 Å². The third kappa shape index (κ3) is 4.39. The number of benzene rings is 3. The summed E-state index contributed by atoms with van der Waals surface area (Å²) in [5, 5.41) is -0.0789. The second-order valence-corrected chi connectivity index (χ2v) is 7.27. The summed E-state index contributed by atoms with van der Waals surface area (Å²) in [5.74, 6) is 8.12. The molecule has 10 heteroatoms. The molecule has 0 radical (unpaired) electrons. The van der Waals surface area contributed by atoms with E-state index in [0.29, 0.717) is 0 Å². The number of hydrazine groups is 2. The van der Waals surface area contributed by atoms with Crippen LogP contribution in [0.3, 0.4) is 0 Å². The summed E-state index contributed by atoms with van der Waals surface area (Å²) in [6.45, 7) is 0. The van der Waals surface area contributed by atoms with E-state index in [9.17, 15) is 19.2 Å². The number of carbonyl (C=O) groups excluding carboxylic acids is 4. The number of nitrogens with two attached hydrogens (primary N) is 2. The lowest BCUT2D eigenvalue weighted by atomic mass is 9.97. The predicted molar refractivity (Wildman–Crippen MR) is 120 cm³/mol. The number of hydrogen-bond acceptors (Lipinski definition) is 6. The van der Waals surface area contributed by atoms with Crippen molar-refractivity contribution in [3.05, 3.63) is 104 Å². The topological polar surface area (TPSA) is 144 Å². The van der Waals surface area contributed by atoms with Crippen LogP contribution in [0.25, 0.3) is 0 Å². The van der Waals surface area contributed by atoms with Gasteiger partial charge in [-0.25, -0.2) is 11.7 Å². The van der Waals surface area contributed by atoms with Crippen LogP contribution in [0.1, 0.15) is 52.6 Å². The number of carbonyl (C=O) groups is 4. The van der Waals surface area contributed by atoms with Crippen molar-refractivity contribution in [1.82, 2.24) is 10.9 Å². The summed E-state index contributed by atoms with van der Waals surface area (Å²) >= 11 is 12.4. The Morgan fingerprint density at radius 2 is 0.875 bits per heavy atom. The van der Waals surface area contributed by atoms with Crippen LogP contribution in [0.5, 0.6) is 0 Å². The Balaban J connectivity index is 1.91. The minimum absolute atomic E-state index is 0.0395. The van der Waals surface area contributed by atoms with Gasteiger partial charge >= 0.3 is 0 Å². The second kappa shape index (κ2) is 9.71. The number of nitrogen functional groups attached to an aromatic ring is 2. The van der Waals surface area contributed by atoms with E-state index in [4.69, 9.17) is 34.9 Å². The Kier molecular flexibility index (Phi) is 7.01. The SMILES string of the molecule is NNC(=O)c1cccc(C(=O)c2ccc(C(=O)c3cccc(C(=O)NN)c3Cl)cc2)c1Cl. The molecule has 0 bridgehead atoms. The second-order valence-electron chi connectivity index (χ2n) is 6.52. The van der Waals surface area contributed by atoms with Crippen LogP contribution in [-0.4, -0.2) is 23.4 Å². The molecule has 2 amide bonds. The number of nitrogens with one attached hydrogen (secondary N) is 2. The molecule has 0 saturated carbocycles. The largest absolute Gasteiger partial charge is 0.290 e. The smallest absolute Gasteiger partial charge is 0.266 e. The van der Waals surface area contributed by atoms with E-state index in [1.807, 2.05) is 10.9 Å². The molecule has 0 fully saturated rings. The van der Waals surface area contributed by atoms with Gasteiger partial charge in [-0.15, -0.1) is 0 Å². The molecular formula is C22H16Cl2N4O4. The molecular weight excluding hydrogens is 455 g/mol. The summed E-state index contributed by atoms with van der Waals surface area (Å²) in [4.78, 5) is 49.4. The first-order valence-corrected chi connectivity index (χ1v) is 9.84. The van der Waals surface area contributed by atoms with Gasteiger partial charge in [0, 0.05) is 22.3 Å². The van der Waals surface area contributed by atoms with Crippen molar-refractivity contribution < 1.29 is 19.2 Å². The Hall–Kier alpha value is -3.56. The first-order chi connectivity index (χ1) is 15.3. The van der Waals surface area contributed by atoms with Crippen LogP contribution in [0.15, 0.2) is 60.7 Å². The van der Waals surface area contributed by atoms with E-state index in [1.165, 1.54) is 60.7 Å². The molecule has 0 saturated heterocycles. The van der Waals surface area contributed by atoms with Crippen molar-refractivity contribution in [3.8, 4) is 0 Å². The lowest BCUT2D eigenvalue weighted by molar-refractivity contribution is 0.0945. The normalized spacial score (nSPS) is 10.4. The first-order valence-electron chi connectivity index (χ1n) is 9.08. The molecule has 162 valence electrons. The zero-order chi connectivity index (χ0) is 23.4. The third-order valence-electron chi connectivity index (χ3n) is 4.65. The molecule has 0 aliphatic rings. The van der Waals surface area contributed by atoms with Gasteiger partial charge in [0.1, 0.15) is 0 Å². The molecule has 32 heavy (non-hydrogen) atoms. The van der Waals surface area contributed by atoms with Crippen LogP contribution in [0, 0.1) is 0 Å². The van der Waals surface area contributed by atoms with Crippen molar-refractivity contribution in [2.45, 2.75) is 0 Å². The van der Waals surface area contributed by atoms with E-state index in [-0.39, 0.29) is 43.4 Å². The minimum Gasteiger partial charge on any atom is -0.290 e. The van der Waals surface area contributed by atoms with Gasteiger partial charge in [0.05, 0.1) is 21.2 Å². The molecule has 3 rings (SSSR count). The zero-order valence-corrected chi connectivity index (χ0v) is 17.8. The molecule has 3 aromatic carbocycles. The number of amides is 2. The van der Waals surface area contributed by atoms with Gasteiger partial charge in [0.2, 0.25) is 0 Å². The van der Waals surface area contributed by atoms with Crippen LogP contribution >= 0.6 is 23.2 Å². The molecule has 0 aliphatic heterocycles. The lowest BCUT2D eigenvalue weighted by Gasteiger charge is -2.10. The highest BCUT2D eigenvalue weighted by Gasteiger charge is 2.21. The highest BCUT2D eigenvalue weighted by molar-refractivity contribution is 6.38. The number of hydrogen-bond donors (Lipinski definition) is 4. The van der Waals surface area contributed by atoms with E-state index in [0.717, 1.165) is 0 Å².